The van der Waals surface area contributed by atoms with E-state index in [4.69, 9.17) is 11.6 Å². The van der Waals surface area contributed by atoms with Gasteiger partial charge in [-0.05, 0) is 60.7 Å². The van der Waals surface area contributed by atoms with Crippen molar-refractivity contribution in [1.82, 2.24) is 15.1 Å². The number of rotatable bonds is 7. The van der Waals surface area contributed by atoms with Crippen LogP contribution in [0, 0.1) is 25.6 Å². The molecule has 38 heavy (non-hydrogen) atoms. The lowest BCUT2D eigenvalue weighted by atomic mass is 10.00. The normalized spacial score (nSPS) is 17.7. The van der Waals surface area contributed by atoms with Crippen molar-refractivity contribution in [3.63, 3.8) is 0 Å². The number of hydrogen-bond donors (Lipinski definition) is 1. The van der Waals surface area contributed by atoms with Crippen LogP contribution < -0.4 is 5.32 Å². The summed E-state index contributed by atoms with van der Waals surface area (Å²) in [6, 6.07) is 20.0. The summed E-state index contributed by atoms with van der Waals surface area (Å²) in [4.78, 5) is 30.1. The first-order valence-electron chi connectivity index (χ1n) is 12.9. The summed E-state index contributed by atoms with van der Waals surface area (Å²) in [6.45, 7) is 6.86. The monoisotopic (exact) mass is 531 g/mol. The number of fused-ring (bicyclic) bond motifs is 1. The second-order valence-corrected chi connectivity index (χ2v) is 10.6. The molecule has 2 aliphatic heterocycles. The van der Waals surface area contributed by atoms with Gasteiger partial charge in [-0.3, -0.25) is 14.5 Å². The largest absolute Gasteiger partial charge is 0.345 e. The number of carbonyl (C=O) groups excluding carboxylic acids is 2. The fourth-order valence-corrected chi connectivity index (χ4v) is 5.65. The molecule has 1 unspecified atom stereocenters. The van der Waals surface area contributed by atoms with Crippen molar-refractivity contribution in [3.05, 3.63) is 117 Å². The number of halogens is 2. The van der Waals surface area contributed by atoms with E-state index in [2.05, 4.69) is 10.2 Å². The molecule has 7 heteroatoms. The summed E-state index contributed by atoms with van der Waals surface area (Å²) in [5.74, 6) is -0.861. The maximum atomic E-state index is 14.3. The minimum atomic E-state index is -0.602. The molecule has 0 spiro atoms. The summed E-state index contributed by atoms with van der Waals surface area (Å²) in [5.41, 5.74) is 4.95. The van der Waals surface area contributed by atoms with Crippen LogP contribution in [0.25, 0.3) is 0 Å². The minimum Gasteiger partial charge on any atom is -0.345 e. The molecule has 2 atom stereocenters. The van der Waals surface area contributed by atoms with Gasteiger partial charge in [-0.15, -0.1) is 0 Å². The van der Waals surface area contributed by atoms with E-state index in [-0.39, 0.29) is 28.5 Å². The molecule has 5 nitrogen and oxygen atoms in total. The van der Waals surface area contributed by atoms with Crippen LogP contribution in [0.5, 0.6) is 0 Å². The van der Waals surface area contributed by atoms with E-state index in [0.717, 1.165) is 42.7 Å². The molecular formula is C31H31ClFN3O2. The van der Waals surface area contributed by atoms with Gasteiger partial charge in [0.15, 0.2) is 0 Å². The van der Waals surface area contributed by atoms with Gasteiger partial charge in [-0.25, -0.2) is 4.39 Å². The summed E-state index contributed by atoms with van der Waals surface area (Å²) in [5, 5.41) is 3.39. The van der Waals surface area contributed by atoms with E-state index in [1.54, 1.807) is 4.90 Å². The van der Waals surface area contributed by atoms with Gasteiger partial charge in [0, 0.05) is 43.9 Å². The summed E-state index contributed by atoms with van der Waals surface area (Å²) in [6.07, 6.45) is 2.61. The summed E-state index contributed by atoms with van der Waals surface area (Å²) < 4.78 is 14.3. The predicted octanol–water partition coefficient (Wildman–Crippen LogP) is 5.93. The average Bonchev–Trinajstić information content (AvgIpc) is 3.47. The van der Waals surface area contributed by atoms with E-state index < -0.39 is 11.7 Å². The lowest BCUT2D eigenvalue weighted by Gasteiger charge is -2.24. The molecule has 2 amide bonds. The van der Waals surface area contributed by atoms with E-state index >= 15 is 0 Å². The smallest absolute Gasteiger partial charge is 0.262 e. The van der Waals surface area contributed by atoms with Crippen molar-refractivity contribution in [1.29, 1.82) is 0 Å². The topological polar surface area (TPSA) is 52.7 Å². The molecule has 0 radical (unpaired) electrons. The molecule has 2 heterocycles. The number of hydrogen-bond acceptors (Lipinski definition) is 3. The molecule has 3 aromatic rings. The van der Waals surface area contributed by atoms with Gasteiger partial charge >= 0.3 is 0 Å². The van der Waals surface area contributed by atoms with Gasteiger partial charge in [0.25, 0.3) is 11.8 Å². The molecular weight excluding hydrogens is 501 g/mol. The van der Waals surface area contributed by atoms with Gasteiger partial charge in [0.05, 0.1) is 16.6 Å². The first-order chi connectivity index (χ1) is 18.3. The number of nitrogens with one attached hydrogen (secondary N) is 1. The summed E-state index contributed by atoms with van der Waals surface area (Å²) in [7, 11) is 0. The molecule has 1 N–H and O–H groups in total. The quantitative estimate of drug-likeness (QED) is 0.411. The number of benzene rings is 3. The maximum Gasteiger partial charge on any atom is 0.262 e. The zero-order valence-corrected chi connectivity index (χ0v) is 22.3. The zero-order chi connectivity index (χ0) is 26.8. The van der Waals surface area contributed by atoms with Crippen molar-refractivity contribution >= 4 is 23.4 Å². The Bertz CT molecular complexity index is 1370. The third-order valence-electron chi connectivity index (χ3n) is 7.68. The highest BCUT2D eigenvalue weighted by molar-refractivity contribution is 6.33. The highest BCUT2D eigenvalue weighted by Crippen LogP contribution is 2.32. The highest BCUT2D eigenvalue weighted by Gasteiger charge is 2.36. The van der Waals surface area contributed by atoms with Crippen LogP contribution in [-0.2, 0) is 0 Å². The molecule has 3 aromatic carbocycles. The van der Waals surface area contributed by atoms with E-state index in [1.807, 2.05) is 68.6 Å². The first-order valence-corrected chi connectivity index (χ1v) is 13.3. The van der Waals surface area contributed by atoms with Crippen molar-refractivity contribution < 1.29 is 14.0 Å². The molecule has 2 aliphatic rings. The van der Waals surface area contributed by atoms with Crippen LogP contribution in [0.4, 0.5) is 4.39 Å². The number of nitrogens with zero attached hydrogens (tertiary/aromatic N) is 2. The van der Waals surface area contributed by atoms with Crippen LogP contribution in [-0.4, -0.2) is 47.8 Å². The molecule has 1 fully saturated rings. The second-order valence-electron chi connectivity index (χ2n) is 10.2. The fraction of sp³-hybridized carbons (Fsp3) is 0.290. The Morgan fingerprint density at radius 2 is 1.79 bits per heavy atom. The van der Waals surface area contributed by atoms with Crippen LogP contribution >= 0.6 is 11.6 Å². The third kappa shape index (κ3) is 5.38. The highest BCUT2D eigenvalue weighted by atomic mass is 35.5. The van der Waals surface area contributed by atoms with E-state index in [1.165, 1.54) is 23.8 Å². The van der Waals surface area contributed by atoms with Crippen LogP contribution in [0.3, 0.4) is 0 Å². The Balaban J connectivity index is 1.24. The Morgan fingerprint density at radius 1 is 1.03 bits per heavy atom. The van der Waals surface area contributed by atoms with Gasteiger partial charge in [-0.1, -0.05) is 60.1 Å². The van der Waals surface area contributed by atoms with Gasteiger partial charge < -0.3 is 10.2 Å². The number of carbonyl (C=O) groups is 2. The third-order valence-corrected chi connectivity index (χ3v) is 7.99. The average molecular weight is 532 g/mol. The van der Waals surface area contributed by atoms with Crippen molar-refractivity contribution in [2.24, 2.45) is 5.92 Å². The zero-order valence-electron chi connectivity index (χ0n) is 21.6. The molecule has 0 aromatic heterocycles. The molecule has 0 saturated carbocycles. The lowest BCUT2D eigenvalue weighted by molar-refractivity contribution is 0.0816. The number of aryl methyl sites for hydroxylation is 1. The predicted molar refractivity (Wildman–Crippen MR) is 148 cm³/mol. The molecule has 5 rings (SSSR count). The van der Waals surface area contributed by atoms with Crippen molar-refractivity contribution in [3.8, 4) is 0 Å². The fourth-order valence-electron chi connectivity index (χ4n) is 5.40. The van der Waals surface area contributed by atoms with Crippen LogP contribution in [0.15, 0.2) is 78.5 Å². The number of amides is 2. The minimum absolute atomic E-state index is 0.0676. The van der Waals surface area contributed by atoms with Gasteiger partial charge in [0.2, 0.25) is 0 Å². The Kier molecular flexibility index (Phi) is 7.63. The molecule has 1 saturated heterocycles. The SMILES string of the molecule is Cc1cccc(C(=O)N[C@@H](CCN2CC3=CN(C(=O)c4c(F)cccc4Cl)CC3C2)c2ccccc2)c1C. The first kappa shape index (κ1) is 26.1. The van der Waals surface area contributed by atoms with Crippen LogP contribution in [0.2, 0.25) is 5.02 Å². The lowest BCUT2D eigenvalue weighted by Crippen LogP contribution is -2.34. The van der Waals surface area contributed by atoms with Gasteiger partial charge in [-0.2, -0.15) is 0 Å². The molecule has 0 aliphatic carbocycles. The van der Waals surface area contributed by atoms with E-state index in [0.29, 0.717) is 12.1 Å². The van der Waals surface area contributed by atoms with Crippen LogP contribution in [0.1, 0.15) is 49.9 Å². The Morgan fingerprint density at radius 3 is 2.53 bits per heavy atom. The molecule has 0 bridgehead atoms. The van der Waals surface area contributed by atoms with Crippen molar-refractivity contribution in [2.45, 2.75) is 26.3 Å². The van der Waals surface area contributed by atoms with Gasteiger partial charge in [0.1, 0.15) is 5.82 Å². The standard InChI is InChI=1S/C31H31ClFN3O2/c1-20-8-6-11-25(21(20)2)30(37)34-28(22-9-4-3-5-10-22)14-15-35-16-23-18-36(19-24(23)17-35)31(38)29-26(32)12-7-13-27(29)33/h3-13,18,24,28H,14-17,19H2,1-2H3,(H,34,37)/t24?,28-/m0/s1. The maximum absolute atomic E-state index is 14.3. The summed E-state index contributed by atoms with van der Waals surface area (Å²) >= 11 is 6.11. The van der Waals surface area contributed by atoms with E-state index in [9.17, 15) is 14.0 Å². The number of likely N-dealkylation sites (tertiary alicyclic amines) is 1. The molecule has 196 valence electrons. The second kappa shape index (κ2) is 11.1. The van der Waals surface area contributed by atoms with Crippen molar-refractivity contribution in [2.75, 3.05) is 26.2 Å². The Hall–Kier alpha value is -3.48. The Labute approximate surface area is 227 Å².